The first-order valence-electron chi connectivity index (χ1n) is 19.6. The van der Waals surface area contributed by atoms with Gasteiger partial charge in [-0.25, -0.2) is 9.97 Å². The van der Waals surface area contributed by atoms with Crippen LogP contribution < -0.4 is 0 Å². The zero-order valence-electron chi connectivity index (χ0n) is 32.0. The maximum Gasteiger partial charge on any atom is 0.160 e. The van der Waals surface area contributed by atoms with Crippen LogP contribution in [0.4, 0.5) is 0 Å². The van der Waals surface area contributed by atoms with Gasteiger partial charge in [0.1, 0.15) is 0 Å². The highest BCUT2D eigenvalue weighted by molar-refractivity contribution is 7.99. The first-order chi connectivity index (χ1) is 27.4. The lowest BCUT2D eigenvalue weighted by atomic mass is 9.67. The van der Waals surface area contributed by atoms with Crippen LogP contribution in [0.25, 0.3) is 56.2 Å². The summed E-state index contributed by atoms with van der Waals surface area (Å²) in [5.41, 5.74) is 16.9. The van der Waals surface area contributed by atoms with Crippen LogP contribution in [-0.4, -0.2) is 15.0 Å². The number of hydrogen-bond acceptors (Lipinski definition) is 4. The molecule has 2 aromatic heterocycles. The number of pyridine rings is 1. The fourth-order valence-corrected chi connectivity index (χ4v) is 9.97. The predicted molar refractivity (Wildman–Crippen MR) is 231 cm³/mol. The fourth-order valence-electron chi connectivity index (χ4n) is 8.79. The Morgan fingerprint density at radius 2 is 0.964 bits per heavy atom. The molecule has 0 radical (unpaired) electrons. The molecular weight excluding hydrogens is 699 g/mol. The van der Waals surface area contributed by atoms with Crippen molar-refractivity contribution in [1.29, 1.82) is 0 Å². The van der Waals surface area contributed by atoms with Crippen molar-refractivity contribution in [3.8, 4) is 56.2 Å². The molecule has 4 heteroatoms. The number of fused-ring (bicyclic) bond motifs is 9. The normalized spacial score (nSPS) is 13.4. The zero-order chi connectivity index (χ0) is 38.0. The zero-order valence-corrected chi connectivity index (χ0v) is 32.8. The van der Waals surface area contributed by atoms with Crippen molar-refractivity contribution >= 4 is 11.8 Å². The minimum Gasteiger partial charge on any atom is -0.257 e. The van der Waals surface area contributed by atoms with Gasteiger partial charge in [0.2, 0.25) is 0 Å². The number of aromatic nitrogens is 3. The minimum atomic E-state index is -0.465. The smallest absolute Gasteiger partial charge is 0.160 e. The molecule has 0 atom stereocenters. The van der Waals surface area contributed by atoms with Crippen LogP contribution in [-0.2, 0) is 5.41 Å². The molecule has 3 nitrogen and oxygen atoms in total. The maximum atomic E-state index is 5.35. The third-order valence-corrected chi connectivity index (χ3v) is 12.6. The molecule has 1 aliphatic heterocycles. The van der Waals surface area contributed by atoms with Gasteiger partial charge in [-0.15, -0.1) is 0 Å². The summed E-state index contributed by atoms with van der Waals surface area (Å²) in [4.78, 5) is 18.3. The Kier molecular flexibility index (Phi) is 8.34. The molecule has 2 aliphatic rings. The first kappa shape index (κ1) is 34.4. The molecule has 0 N–H and O–H groups in total. The molecule has 0 saturated heterocycles. The van der Waals surface area contributed by atoms with E-state index in [0.29, 0.717) is 17.7 Å². The lowest BCUT2D eigenvalue weighted by Gasteiger charge is -2.39. The van der Waals surface area contributed by atoms with E-state index in [2.05, 4.69) is 191 Å². The number of rotatable bonds is 6. The molecule has 56 heavy (non-hydrogen) atoms. The molecule has 6 aromatic carbocycles. The summed E-state index contributed by atoms with van der Waals surface area (Å²) in [7, 11) is 0. The van der Waals surface area contributed by atoms with Crippen molar-refractivity contribution in [3.05, 3.63) is 197 Å². The number of hydrogen-bond donors (Lipinski definition) is 0. The van der Waals surface area contributed by atoms with Gasteiger partial charge in [-0.1, -0.05) is 173 Å². The van der Waals surface area contributed by atoms with Crippen molar-refractivity contribution in [3.63, 3.8) is 0 Å². The van der Waals surface area contributed by atoms with Crippen LogP contribution in [0.2, 0.25) is 0 Å². The van der Waals surface area contributed by atoms with Crippen LogP contribution >= 0.6 is 11.8 Å². The second-order valence-electron chi connectivity index (χ2n) is 15.5. The molecule has 0 bridgehead atoms. The van der Waals surface area contributed by atoms with Gasteiger partial charge >= 0.3 is 0 Å². The van der Waals surface area contributed by atoms with E-state index in [-0.39, 0.29) is 0 Å². The van der Waals surface area contributed by atoms with Crippen LogP contribution in [0.15, 0.2) is 174 Å². The maximum absolute atomic E-state index is 5.35. The average Bonchev–Trinajstić information content (AvgIpc) is 3.54. The second-order valence-corrected chi connectivity index (χ2v) is 16.6. The molecule has 0 fully saturated rings. The van der Waals surface area contributed by atoms with Gasteiger partial charge in [0.05, 0.1) is 22.5 Å². The van der Waals surface area contributed by atoms with Gasteiger partial charge in [-0.3, -0.25) is 4.98 Å². The standard InChI is InChI=1S/C52H41N3S/c1-32(2)45-28-27-38(50(53-45)33(3)4)34-22-24-36(25-23-34)47-31-46(35-14-6-5-7-15-35)54-51(55-47)37-26-29-49-44(30-37)52(43-20-12-13-21-48(43)56-49)41-18-10-8-16-39(41)40-17-9-11-19-42(40)52/h5-33H,1-4H3. The van der Waals surface area contributed by atoms with Gasteiger partial charge in [-0.2, -0.15) is 0 Å². The predicted octanol–water partition coefficient (Wildman–Crippen LogP) is 13.6. The van der Waals surface area contributed by atoms with Gasteiger partial charge in [0.25, 0.3) is 0 Å². The highest BCUT2D eigenvalue weighted by Crippen LogP contribution is 2.62. The molecule has 1 spiro atoms. The highest BCUT2D eigenvalue weighted by Gasteiger charge is 2.50. The van der Waals surface area contributed by atoms with Gasteiger partial charge < -0.3 is 0 Å². The summed E-state index contributed by atoms with van der Waals surface area (Å²) in [6, 6.07) is 59.5. The van der Waals surface area contributed by atoms with E-state index < -0.39 is 5.41 Å². The molecular formula is C52H41N3S. The molecule has 1 aliphatic carbocycles. The van der Waals surface area contributed by atoms with E-state index in [1.807, 2.05) is 11.8 Å². The summed E-state index contributed by atoms with van der Waals surface area (Å²) in [5.74, 6) is 1.41. The second kappa shape index (κ2) is 13.6. The average molecular weight is 740 g/mol. The van der Waals surface area contributed by atoms with Crippen LogP contribution in [0.5, 0.6) is 0 Å². The largest absolute Gasteiger partial charge is 0.257 e. The summed E-state index contributed by atoms with van der Waals surface area (Å²) >= 11 is 1.86. The SMILES string of the molecule is CC(C)c1ccc(-c2ccc(-c3cc(-c4ccccc4)nc(-c4ccc5c(c4)C4(c6ccccc6S5)c5ccccc5-c5ccccc54)n3)cc2)c(C(C)C)n1. The molecule has 10 rings (SSSR count). The van der Waals surface area contributed by atoms with Crippen molar-refractivity contribution in [2.24, 2.45) is 0 Å². The molecule has 8 aromatic rings. The van der Waals surface area contributed by atoms with Gasteiger partial charge in [-0.05, 0) is 81.1 Å². The van der Waals surface area contributed by atoms with E-state index in [1.54, 1.807) is 0 Å². The third kappa shape index (κ3) is 5.46. The summed E-state index contributed by atoms with van der Waals surface area (Å²) in [5, 5.41) is 0. The Labute approximate surface area is 333 Å². The Bertz CT molecular complexity index is 2740. The van der Waals surface area contributed by atoms with E-state index in [4.69, 9.17) is 15.0 Å². The number of benzene rings is 6. The molecule has 3 heterocycles. The highest BCUT2D eigenvalue weighted by atomic mass is 32.2. The number of nitrogens with zero attached hydrogens (tertiary/aromatic N) is 3. The summed E-state index contributed by atoms with van der Waals surface area (Å²) in [6.07, 6.45) is 0. The van der Waals surface area contributed by atoms with E-state index in [0.717, 1.165) is 45.0 Å². The molecule has 0 amide bonds. The quantitative estimate of drug-likeness (QED) is 0.170. The molecule has 0 unspecified atom stereocenters. The topological polar surface area (TPSA) is 38.7 Å². The minimum absolute atomic E-state index is 0.315. The third-order valence-electron chi connectivity index (χ3n) is 11.5. The van der Waals surface area contributed by atoms with E-state index >= 15 is 0 Å². The lowest BCUT2D eigenvalue weighted by molar-refractivity contribution is 0.722. The van der Waals surface area contributed by atoms with Crippen LogP contribution in [0, 0.1) is 0 Å². The van der Waals surface area contributed by atoms with Crippen molar-refractivity contribution in [2.75, 3.05) is 0 Å². The van der Waals surface area contributed by atoms with Gasteiger partial charge in [0, 0.05) is 37.7 Å². The van der Waals surface area contributed by atoms with E-state index in [1.165, 1.54) is 48.7 Å². The Morgan fingerprint density at radius 1 is 0.411 bits per heavy atom. The van der Waals surface area contributed by atoms with E-state index in [9.17, 15) is 0 Å². The van der Waals surface area contributed by atoms with Crippen molar-refractivity contribution in [2.45, 2.75) is 54.7 Å². The Morgan fingerprint density at radius 3 is 1.62 bits per heavy atom. The summed E-state index contributed by atoms with van der Waals surface area (Å²) in [6.45, 7) is 8.85. The monoisotopic (exact) mass is 739 g/mol. The summed E-state index contributed by atoms with van der Waals surface area (Å²) < 4.78 is 0. The van der Waals surface area contributed by atoms with Crippen LogP contribution in [0.1, 0.15) is 73.2 Å². The molecule has 0 saturated carbocycles. The van der Waals surface area contributed by atoms with Crippen molar-refractivity contribution in [1.82, 2.24) is 15.0 Å². The van der Waals surface area contributed by atoms with Crippen molar-refractivity contribution < 1.29 is 0 Å². The lowest BCUT2D eigenvalue weighted by Crippen LogP contribution is -2.32. The molecule has 270 valence electrons. The first-order valence-corrected chi connectivity index (χ1v) is 20.4. The van der Waals surface area contributed by atoms with Gasteiger partial charge in [0.15, 0.2) is 5.82 Å². The fraction of sp³-hybridized carbons (Fsp3) is 0.135. The Balaban J connectivity index is 1.14. The Hall–Kier alpha value is -6.10. The van der Waals surface area contributed by atoms with Crippen LogP contribution in [0.3, 0.4) is 0 Å².